The summed E-state index contributed by atoms with van der Waals surface area (Å²) < 4.78 is 4.39. The van der Waals surface area contributed by atoms with Gasteiger partial charge in [0.15, 0.2) is 0 Å². The highest BCUT2D eigenvalue weighted by Gasteiger charge is 2.21. The SMILES string of the molecule is CCC1=C[C@@H](O)OC1=O. The van der Waals surface area contributed by atoms with Crippen molar-refractivity contribution in [3.05, 3.63) is 11.6 Å². The lowest BCUT2D eigenvalue weighted by molar-refractivity contribution is -0.151. The average molecular weight is 128 g/mol. The van der Waals surface area contributed by atoms with Gasteiger partial charge in [0.05, 0.1) is 0 Å². The van der Waals surface area contributed by atoms with Crippen molar-refractivity contribution in [2.75, 3.05) is 0 Å². The lowest BCUT2D eigenvalue weighted by Gasteiger charge is -1.95. The quantitative estimate of drug-likeness (QED) is 0.513. The molecule has 1 aliphatic heterocycles. The number of rotatable bonds is 1. The van der Waals surface area contributed by atoms with E-state index in [9.17, 15) is 4.79 Å². The summed E-state index contributed by atoms with van der Waals surface area (Å²) in [6.07, 6.45) is 1.03. The van der Waals surface area contributed by atoms with E-state index in [0.717, 1.165) is 0 Å². The maximum atomic E-state index is 10.6. The highest BCUT2D eigenvalue weighted by Crippen LogP contribution is 2.13. The van der Waals surface area contributed by atoms with Crippen LogP contribution in [-0.2, 0) is 9.53 Å². The van der Waals surface area contributed by atoms with Gasteiger partial charge in [-0.2, -0.15) is 0 Å². The van der Waals surface area contributed by atoms with E-state index in [1.54, 1.807) is 0 Å². The van der Waals surface area contributed by atoms with Crippen LogP contribution >= 0.6 is 0 Å². The molecule has 1 heterocycles. The number of ether oxygens (including phenoxy) is 1. The average Bonchev–Trinajstić information content (AvgIpc) is 2.10. The fourth-order valence-corrected chi connectivity index (χ4v) is 0.722. The van der Waals surface area contributed by atoms with Crippen LogP contribution in [0.4, 0.5) is 0 Å². The Hall–Kier alpha value is -0.830. The fourth-order valence-electron chi connectivity index (χ4n) is 0.722. The van der Waals surface area contributed by atoms with Gasteiger partial charge in [0.1, 0.15) is 0 Å². The molecular weight excluding hydrogens is 120 g/mol. The fraction of sp³-hybridized carbons (Fsp3) is 0.500. The minimum atomic E-state index is -1.01. The van der Waals surface area contributed by atoms with Crippen molar-refractivity contribution in [2.24, 2.45) is 0 Å². The van der Waals surface area contributed by atoms with Gasteiger partial charge in [0.25, 0.3) is 0 Å². The predicted molar refractivity (Wildman–Crippen MR) is 30.5 cm³/mol. The van der Waals surface area contributed by atoms with Crippen molar-refractivity contribution in [3.8, 4) is 0 Å². The zero-order chi connectivity index (χ0) is 6.85. The summed E-state index contributed by atoms with van der Waals surface area (Å²) in [5.41, 5.74) is 0.558. The van der Waals surface area contributed by atoms with Gasteiger partial charge in [-0.25, -0.2) is 4.79 Å². The zero-order valence-electron chi connectivity index (χ0n) is 5.13. The number of carbonyl (C=O) groups excluding carboxylic acids is 1. The van der Waals surface area contributed by atoms with E-state index in [2.05, 4.69) is 4.74 Å². The molecule has 1 aliphatic rings. The van der Waals surface area contributed by atoms with Gasteiger partial charge in [0.2, 0.25) is 6.29 Å². The Morgan fingerprint density at radius 3 is 2.78 bits per heavy atom. The maximum absolute atomic E-state index is 10.6. The molecule has 0 saturated heterocycles. The van der Waals surface area contributed by atoms with E-state index in [0.29, 0.717) is 12.0 Å². The highest BCUT2D eigenvalue weighted by molar-refractivity contribution is 5.90. The zero-order valence-corrected chi connectivity index (χ0v) is 5.13. The van der Waals surface area contributed by atoms with E-state index in [1.165, 1.54) is 6.08 Å². The van der Waals surface area contributed by atoms with Crippen LogP contribution in [0.5, 0.6) is 0 Å². The number of aliphatic hydroxyl groups excluding tert-OH is 1. The Bertz CT molecular complexity index is 160. The molecule has 0 aliphatic carbocycles. The van der Waals surface area contributed by atoms with E-state index in [1.807, 2.05) is 6.92 Å². The third-order valence-corrected chi connectivity index (χ3v) is 1.21. The summed E-state index contributed by atoms with van der Waals surface area (Å²) in [7, 11) is 0. The second-order valence-electron chi connectivity index (χ2n) is 1.84. The van der Waals surface area contributed by atoms with E-state index >= 15 is 0 Å². The summed E-state index contributed by atoms with van der Waals surface area (Å²) >= 11 is 0. The first-order valence-electron chi connectivity index (χ1n) is 2.83. The first-order chi connectivity index (χ1) is 4.24. The molecule has 0 saturated carbocycles. The van der Waals surface area contributed by atoms with Crippen LogP contribution in [-0.4, -0.2) is 17.4 Å². The number of hydrogen-bond donors (Lipinski definition) is 1. The Morgan fingerprint density at radius 2 is 2.56 bits per heavy atom. The second-order valence-corrected chi connectivity index (χ2v) is 1.84. The van der Waals surface area contributed by atoms with E-state index < -0.39 is 12.3 Å². The molecule has 0 aromatic rings. The van der Waals surface area contributed by atoms with Gasteiger partial charge in [0, 0.05) is 5.57 Å². The molecule has 0 unspecified atom stereocenters. The van der Waals surface area contributed by atoms with Crippen molar-refractivity contribution in [2.45, 2.75) is 19.6 Å². The van der Waals surface area contributed by atoms with Gasteiger partial charge in [-0.3, -0.25) is 0 Å². The van der Waals surface area contributed by atoms with Gasteiger partial charge in [-0.1, -0.05) is 6.92 Å². The maximum Gasteiger partial charge on any atom is 0.336 e. The number of esters is 1. The number of aliphatic hydroxyl groups is 1. The third-order valence-electron chi connectivity index (χ3n) is 1.21. The van der Waals surface area contributed by atoms with Crippen LogP contribution in [0.2, 0.25) is 0 Å². The second kappa shape index (κ2) is 2.19. The third kappa shape index (κ3) is 1.10. The normalized spacial score (nSPS) is 25.8. The van der Waals surface area contributed by atoms with Crippen LogP contribution in [0.15, 0.2) is 11.6 Å². The van der Waals surface area contributed by atoms with Crippen molar-refractivity contribution < 1.29 is 14.6 Å². The monoisotopic (exact) mass is 128 g/mol. The lowest BCUT2D eigenvalue weighted by atomic mass is 10.2. The number of hydrogen-bond acceptors (Lipinski definition) is 3. The van der Waals surface area contributed by atoms with Crippen molar-refractivity contribution in [1.82, 2.24) is 0 Å². The summed E-state index contributed by atoms with van der Waals surface area (Å²) in [5.74, 6) is -0.398. The van der Waals surface area contributed by atoms with Gasteiger partial charge in [-0.05, 0) is 12.5 Å². The molecule has 3 nitrogen and oxygen atoms in total. The van der Waals surface area contributed by atoms with Crippen molar-refractivity contribution in [1.29, 1.82) is 0 Å². The van der Waals surface area contributed by atoms with Crippen LogP contribution < -0.4 is 0 Å². The molecule has 0 amide bonds. The molecule has 0 spiro atoms. The standard InChI is InChI=1S/C6H8O3/c1-2-4-3-5(7)9-6(4)8/h3,5,7H,2H2,1H3/t5-/m0/s1. The number of carbonyl (C=O) groups is 1. The molecular formula is C6H8O3. The molecule has 50 valence electrons. The molecule has 1 atom stereocenters. The van der Waals surface area contributed by atoms with Gasteiger partial charge < -0.3 is 9.84 Å². The molecule has 0 radical (unpaired) electrons. The van der Waals surface area contributed by atoms with Crippen molar-refractivity contribution >= 4 is 5.97 Å². The Morgan fingerprint density at radius 1 is 1.89 bits per heavy atom. The van der Waals surface area contributed by atoms with Crippen LogP contribution in [0.25, 0.3) is 0 Å². The van der Waals surface area contributed by atoms with Crippen LogP contribution in [0.1, 0.15) is 13.3 Å². The summed E-state index contributed by atoms with van der Waals surface area (Å²) in [5, 5.41) is 8.68. The minimum Gasteiger partial charge on any atom is -0.429 e. The lowest BCUT2D eigenvalue weighted by Crippen LogP contribution is -2.05. The van der Waals surface area contributed by atoms with Crippen LogP contribution in [0, 0.1) is 0 Å². The molecule has 0 aromatic carbocycles. The predicted octanol–water partition coefficient (Wildman–Crippen LogP) is 0.198. The molecule has 3 heteroatoms. The minimum absolute atomic E-state index is 0.398. The number of cyclic esters (lactones) is 1. The summed E-state index contributed by atoms with van der Waals surface area (Å²) in [6, 6.07) is 0. The van der Waals surface area contributed by atoms with Crippen LogP contribution in [0.3, 0.4) is 0 Å². The Balaban J connectivity index is 2.68. The molecule has 1 N–H and O–H groups in total. The molecule has 0 aromatic heterocycles. The molecule has 1 rings (SSSR count). The van der Waals surface area contributed by atoms with Crippen molar-refractivity contribution in [3.63, 3.8) is 0 Å². The van der Waals surface area contributed by atoms with Gasteiger partial charge in [-0.15, -0.1) is 0 Å². The Labute approximate surface area is 52.9 Å². The molecule has 0 bridgehead atoms. The van der Waals surface area contributed by atoms with Gasteiger partial charge >= 0.3 is 5.97 Å². The first kappa shape index (κ1) is 6.29. The van der Waals surface area contributed by atoms with E-state index in [4.69, 9.17) is 5.11 Å². The Kier molecular flexibility index (Phi) is 1.53. The first-order valence-corrected chi connectivity index (χ1v) is 2.83. The summed E-state index contributed by atoms with van der Waals surface area (Å²) in [4.78, 5) is 10.6. The smallest absolute Gasteiger partial charge is 0.336 e. The highest BCUT2D eigenvalue weighted by atomic mass is 16.6. The molecule has 0 fully saturated rings. The molecule has 9 heavy (non-hydrogen) atoms. The van der Waals surface area contributed by atoms with E-state index in [-0.39, 0.29) is 0 Å². The largest absolute Gasteiger partial charge is 0.429 e. The topological polar surface area (TPSA) is 46.5 Å². The summed E-state index contributed by atoms with van der Waals surface area (Å²) in [6.45, 7) is 1.84.